The summed E-state index contributed by atoms with van der Waals surface area (Å²) in [7, 11) is 2.05. The van der Waals surface area contributed by atoms with Crippen LogP contribution in [0, 0.1) is 6.92 Å². The Bertz CT molecular complexity index is 539. The van der Waals surface area contributed by atoms with E-state index in [1.165, 1.54) is 5.56 Å². The third kappa shape index (κ3) is 3.34. The molecule has 0 aliphatic heterocycles. The lowest BCUT2D eigenvalue weighted by molar-refractivity contribution is 0.301. The maximum atomic E-state index is 5.72. The van der Waals surface area contributed by atoms with E-state index in [4.69, 9.17) is 10.3 Å². The van der Waals surface area contributed by atoms with Crippen molar-refractivity contribution < 1.29 is 4.52 Å². The maximum Gasteiger partial charge on any atom is 0.133 e. The Morgan fingerprint density at radius 2 is 2.11 bits per heavy atom. The van der Waals surface area contributed by atoms with Crippen molar-refractivity contribution in [1.29, 1.82) is 0 Å². The van der Waals surface area contributed by atoms with Gasteiger partial charge in [0, 0.05) is 29.3 Å². The molecule has 0 aliphatic carbocycles. The van der Waals surface area contributed by atoms with Crippen LogP contribution in [0.4, 0.5) is 5.69 Å². The van der Waals surface area contributed by atoms with Gasteiger partial charge in [0.05, 0.1) is 5.69 Å². The Labute approximate surface area is 115 Å². The van der Waals surface area contributed by atoms with Crippen LogP contribution in [0.3, 0.4) is 0 Å². The second-order valence-electron chi connectivity index (χ2n) is 4.45. The van der Waals surface area contributed by atoms with Gasteiger partial charge >= 0.3 is 0 Å². The van der Waals surface area contributed by atoms with Gasteiger partial charge in [0.15, 0.2) is 0 Å². The molecule has 0 aliphatic rings. The summed E-state index contributed by atoms with van der Waals surface area (Å²) >= 11 is 3.52. The van der Waals surface area contributed by atoms with E-state index in [9.17, 15) is 0 Å². The van der Waals surface area contributed by atoms with Gasteiger partial charge in [-0.15, -0.1) is 0 Å². The van der Waals surface area contributed by atoms with Crippen LogP contribution in [0.25, 0.3) is 0 Å². The van der Waals surface area contributed by atoms with E-state index in [1.807, 2.05) is 38.2 Å². The normalized spacial score (nSPS) is 11.1. The molecule has 0 atom stereocenters. The standard InChI is InChI=1S/C13H16BrN3O/c1-9-5-12(16-18-9)8-17(2)7-10-3-4-11(15)6-13(10)14/h3-6H,7-8,15H2,1-2H3. The number of aryl methyl sites for hydroxylation is 1. The van der Waals surface area contributed by atoms with E-state index in [0.29, 0.717) is 0 Å². The van der Waals surface area contributed by atoms with E-state index in [-0.39, 0.29) is 0 Å². The molecule has 2 aromatic rings. The summed E-state index contributed by atoms with van der Waals surface area (Å²) in [6, 6.07) is 7.82. The van der Waals surface area contributed by atoms with Gasteiger partial charge in [-0.25, -0.2) is 0 Å². The molecule has 5 heteroatoms. The molecule has 0 radical (unpaired) electrons. The quantitative estimate of drug-likeness (QED) is 0.882. The number of hydrogen-bond donors (Lipinski definition) is 1. The second kappa shape index (κ2) is 5.54. The molecule has 1 aromatic heterocycles. The van der Waals surface area contributed by atoms with Gasteiger partial charge < -0.3 is 10.3 Å². The number of hydrogen-bond acceptors (Lipinski definition) is 4. The second-order valence-corrected chi connectivity index (χ2v) is 5.31. The predicted molar refractivity (Wildman–Crippen MR) is 75.0 cm³/mol. The van der Waals surface area contributed by atoms with Crippen LogP contribution in [0.5, 0.6) is 0 Å². The van der Waals surface area contributed by atoms with Crippen LogP contribution in [0.2, 0.25) is 0 Å². The Morgan fingerprint density at radius 3 is 2.72 bits per heavy atom. The van der Waals surface area contributed by atoms with Gasteiger partial charge in [0.25, 0.3) is 0 Å². The number of anilines is 1. The maximum absolute atomic E-state index is 5.72. The first-order chi connectivity index (χ1) is 8.54. The Balaban J connectivity index is 2.00. The molecule has 96 valence electrons. The van der Waals surface area contributed by atoms with Gasteiger partial charge in [-0.3, -0.25) is 4.90 Å². The van der Waals surface area contributed by atoms with Crippen molar-refractivity contribution >= 4 is 21.6 Å². The number of nitrogen functional groups attached to an aromatic ring is 1. The molecule has 0 bridgehead atoms. The number of nitrogens with zero attached hydrogens (tertiary/aromatic N) is 2. The van der Waals surface area contributed by atoms with Crippen molar-refractivity contribution in [3.05, 3.63) is 45.8 Å². The van der Waals surface area contributed by atoms with Crippen molar-refractivity contribution in [3.63, 3.8) is 0 Å². The van der Waals surface area contributed by atoms with Gasteiger partial charge in [-0.1, -0.05) is 27.2 Å². The molecule has 2 rings (SSSR count). The fourth-order valence-corrected chi connectivity index (χ4v) is 2.33. The van der Waals surface area contributed by atoms with Crippen LogP contribution in [0.1, 0.15) is 17.0 Å². The largest absolute Gasteiger partial charge is 0.399 e. The number of rotatable bonds is 4. The molecule has 0 saturated carbocycles. The highest BCUT2D eigenvalue weighted by atomic mass is 79.9. The van der Waals surface area contributed by atoms with Crippen LogP contribution >= 0.6 is 15.9 Å². The van der Waals surface area contributed by atoms with E-state index in [2.05, 4.69) is 26.0 Å². The summed E-state index contributed by atoms with van der Waals surface area (Å²) in [5, 5.41) is 3.99. The van der Waals surface area contributed by atoms with Crippen LogP contribution < -0.4 is 5.73 Å². The summed E-state index contributed by atoms with van der Waals surface area (Å²) in [4.78, 5) is 2.17. The highest BCUT2D eigenvalue weighted by Crippen LogP contribution is 2.21. The lowest BCUT2D eigenvalue weighted by Crippen LogP contribution is -2.17. The van der Waals surface area contributed by atoms with Crippen LogP contribution in [-0.2, 0) is 13.1 Å². The van der Waals surface area contributed by atoms with Gasteiger partial charge in [-0.2, -0.15) is 0 Å². The zero-order valence-electron chi connectivity index (χ0n) is 10.5. The average Bonchev–Trinajstić information content (AvgIpc) is 2.68. The van der Waals surface area contributed by atoms with Gasteiger partial charge in [0.1, 0.15) is 5.76 Å². The van der Waals surface area contributed by atoms with Gasteiger partial charge in [0.2, 0.25) is 0 Å². The number of aromatic nitrogens is 1. The molecule has 0 amide bonds. The Hall–Kier alpha value is -1.33. The predicted octanol–water partition coefficient (Wildman–Crippen LogP) is 2.96. The topological polar surface area (TPSA) is 55.3 Å². The minimum absolute atomic E-state index is 0.758. The first kappa shape index (κ1) is 13.1. The van der Waals surface area contributed by atoms with Crippen molar-refractivity contribution in [2.75, 3.05) is 12.8 Å². The van der Waals surface area contributed by atoms with Crippen molar-refractivity contribution in [3.8, 4) is 0 Å². The molecule has 1 heterocycles. The SMILES string of the molecule is Cc1cc(CN(C)Cc2ccc(N)cc2Br)no1. The van der Waals surface area contributed by atoms with E-state index < -0.39 is 0 Å². The summed E-state index contributed by atoms with van der Waals surface area (Å²) in [5.74, 6) is 0.840. The highest BCUT2D eigenvalue weighted by molar-refractivity contribution is 9.10. The molecule has 0 saturated heterocycles. The molecular formula is C13H16BrN3O. The molecular weight excluding hydrogens is 294 g/mol. The van der Waals surface area contributed by atoms with Gasteiger partial charge in [-0.05, 0) is 31.7 Å². The molecule has 0 spiro atoms. The monoisotopic (exact) mass is 309 g/mol. The summed E-state index contributed by atoms with van der Waals surface area (Å²) in [6.07, 6.45) is 0. The highest BCUT2D eigenvalue weighted by Gasteiger charge is 2.08. The smallest absolute Gasteiger partial charge is 0.133 e. The first-order valence-corrected chi connectivity index (χ1v) is 6.48. The fourth-order valence-electron chi connectivity index (χ4n) is 1.81. The Morgan fingerprint density at radius 1 is 1.33 bits per heavy atom. The van der Waals surface area contributed by atoms with Crippen molar-refractivity contribution in [2.24, 2.45) is 0 Å². The molecule has 4 nitrogen and oxygen atoms in total. The number of benzene rings is 1. The summed E-state index contributed by atoms with van der Waals surface area (Å²) in [5.41, 5.74) is 8.63. The van der Waals surface area contributed by atoms with E-state index >= 15 is 0 Å². The average molecular weight is 310 g/mol. The van der Waals surface area contributed by atoms with Crippen molar-refractivity contribution in [1.82, 2.24) is 10.1 Å². The first-order valence-electron chi connectivity index (χ1n) is 5.69. The lowest BCUT2D eigenvalue weighted by atomic mass is 10.2. The summed E-state index contributed by atoms with van der Waals surface area (Å²) < 4.78 is 6.09. The Kier molecular flexibility index (Phi) is 4.04. The minimum atomic E-state index is 0.758. The zero-order chi connectivity index (χ0) is 13.1. The van der Waals surface area contributed by atoms with Crippen molar-refractivity contribution in [2.45, 2.75) is 20.0 Å². The third-order valence-electron chi connectivity index (χ3n) is 2.63. The number of halogens is 1. The zero-order valence-corrected chi connectivity index (χ0v) is 12.1. The molecule has 18 heavy (non-hydrogen) atoms. The molecule has 1 aromatic carbocycles. The lowest BCUT2D eigenvalue weighted by Gasteiger charge is -2.16. The van der Waals surface area contributed by atoms with Crippen LogP contribution in [-0.4, -0.2) is 17.1 Å². The summed E-state index contributed by atoms with van der Waals surface area (Å²) in [6.45, 7) is 3.48. The van der Waals surface area contributed by atoms with Crippen LogP contribution in [0.15, 0.2) is 33.3 Å². The molecule has 0 fully saturated rings. The van der Waals surface area contributed by atoms with E-state index in [0.717, 1.165) is 34.7 Å². The van der Waals surface area contributed by atoms with E-state index in [1.54, 1.807) is 0 Å². The molecule has 2 N–H and O–H groups in total. The third-order valence-corrected chi connectivity index (χ3v) is 3.36. The minimum Gasteiger partial charge on any atom is -0.399 e. The number of nitrogens with two attached hydrogens (primary N) is 1. The molecule has 0 unspecified atom stereocenters. The fraction of sp³-hybridized carbons (Fsp3) is 0.308.